The minimum absolute atomic E-state index is 0. The van der Waals surface area contributed by atoms with Crippen molar-refractivity contribution in [3.63, 3.8) is 0 Å². The molecule has 1 aromatic carbocycles. The Morgan fingerprint density at radius 2 is 2.05 bits per heavy atom. The molecule has 0 saturated heterocycles. The molecule has 112 valence electrons. The van der Waals surface area contributed by atoms with E-state index in [-0.39, 0.29) is 30.9 Å². The predicted molar refractivity (Wildman–Crippen MR) is 83.6 cm³/mol. The fourth-order valence-corrected chi connectivity index (χ4v) is 2.31. The summed E-state index contributed by atoms with van der Waals surface area (Å²) in [6, 6.07) is 5.29. The SMILES string of the molecule is CCCC[N-]C(CCC)c1cc(Cl)ccc1C(=O)OC.[Li+]. The van der Waals surface area contributed by atoms with Gasteiger partial charge in [0.05, 0.1) is 12.7 Å². The number of carbonyl (C=O) groups is 1. The van der Waals surface area contributed by atoms with Gasteiger partial charge in [-0.2, -0.15) is 0 Å². The molecule has 0 saturated carbocycles. The molecule has 0 N–H and O–H groups in total. The normalized spacial score (nSPS) is 11.6. The van der Waals surface area contributed by atoms with Gasteiger partial charge in [-0.1, -0.05) is 51.1 Å². The number of rotatable bonds is 8. The Balaban J connectivity index is 0.00000400. The van der Waals surface area contributed by atoms with Gasteiger partial charge in [-0.25, -0.2) is 4.79 Å². The molecule has 0 amide bonds. The predicted octanol–water partition coefficient (Wildman–Crippen LogP) is 2.15. The van der Waals surface area contributed by atoms with Gasteiger partial charge in [-0.05, 0) is 23.8 Å². The zero-order valence-electron chi connectivity index (χ0n) is 13.5. The number of halogens is 1. The third-order valence-electron chi connectivity index (χ3n) is 3.20. The van der Waals surface area contributed by atoms with Crippen LogP contribution in [-0.2, 0) is 4.74 Å². The van der Waals surface area contributed by atoms with Crippen molar-refractivity contribution in [3.05, 3.63) is 39.7 Å². The fraction of sp³-hybridized carbons (Fsp3) is 0.562. The molecule has 0 heterocycles. The second-order valence-corrected chi connectivity index (χ2v) is 5.22. The maximum absolute atomic E-state index is 11.9. The van der Waals surface area contributed by atoms with E-state index in [1.807, 2.05) is 6.07 Å². The molecule has 0 aliphatic rings. The van der Waals surface area contributed by atoms with E-state index in [2.05, 4.69) is 13.8 Å². The summed E-state index contributed by atoms with van der Waals surface area (Å²) in [5.74, 6) is -0.330. The topological polar surface area (TPSA) is 40.4 Å². The van der Waals surface area contributed by atoms with Gasteiger partial charge in [-0.15, -0.1) is 12.6 Å². The summed E-state index contributed by atoms with van der Waals surface area (Å²) in [5.41, 5.74) is 1.44. The number of benzene rings is 1. The Bertz CT molecular complexity index is 440. The van der Waals surface area contributed by atoms with Crippen LogP contribution in [0.3, 0.4) is 0 Å². The summed E-state index contributed by atoms with van der Waals surface area (Å²) in [6.45, 7) is 5.07. The van der Waals surface area contributed by atoms with Gasteiger partial charge in [-0.3, -0.25) is 0 Å². The number of unbranched alkanes of at least 4 members (excludes halogenated alkanes) is 1. The van der Waals surface area contributed by atoms with Crippen molar-refractivity contribution < 1.29 is 28.4 Å². The van der Waals surface area contributed by atoms with E-state index in [4.69, 9.17) is 21.7 Å². The Labute approximate surface area is 145 Å². The molecule has 5 heteroatoms. The van der Waals surface area contributed by atoms with Crippen molar-refractivity contribution in [2.45, 2.75) is 45.6 Å². The first-order chi connectivity index (χ1) is 9.63. The van der Waals surface area contributed by atoms with Crippen LogP contribution >= 0.6 is 11.6 Å². The van der Waals surface area contributed by atoms with E-state index in [0.29, 0.717) is 10.6 Å². The molecule has 21 heavy (non-hydrogen) atoms. The number of esters is 1. The summed E-state index contributed by atoms with van der Waals surface area (Å²) in [5, 5.41) is 5.35. The van der Waals surface area contributed by atoms with E-state index < -0.39 is 0 Å². The maximum atomic E-state index is 11.9. The van der Waals surface area contributed by atoms with Crippen LogP contribution in [0.5, 0.6) is 0 Å². The molecule has 0 aliphatic heterocycles. The molecule has 1 atom stereocenters. The van der Waals surface area contributed by atoms with E-state index in [9.17, 15) is 4.79 Å². The van der Waals surface area contributed by atoms with Crippen LogP contribution in [0.25, 0.3) is 5.32 Å². The third kappa shape index (κ3) is 6.44. The first-order valence-corrected chi connectivity index (χ1v) is 7.56. The molecule has 0 aromatic heterocycles. The molecule has 0 spiro atoms. The van der Waals surface area contributed by atoms with Crippen molar-refractivity contribution in [2.24, 2.45) is 0 Å². The van der Waals surface area contributed by atoms with Crippen LogP contribution in [0.1, 0.15) is 61.5 Å². The van der Waals surface area contributed by atoms with Gasteiger partial charge < -0.3 is 10.1 Å². The summed E-state index contributed by atoms with van der Waals surface area (Å²) >= 11 is 6.08. The van der Waals surface area contributed by atoms with Gasteiger partial charge in [0.1, 0.15) is 0 Å². The third-order valence-corrected chi connectivity index (χ3v) is 3.44. The van der Waals surface area contributed by atoms with Crippen molar-refractivity contribution in [1.82, 2.24) is 0 Å². The molecule has 0 aliphatic carbocycles. The van der Waals surface area contributed by atoms with E-state index in [0.717, 1.165) is 37.8 Å². The summed E-state index contributed by atoms with van der Waals surface area (Å²) < 4.78 is 4.85. The smallest absolute Gasteiger partial charge is 0.656 e. The average Bonchev–Trinajstić information content (AvgIpc) is 2.45. The first-order valence-electron chi connectivity index (χ1n) is 7.18. The Kier molecular flexibility index (Phi) is 10.9. The van der Waals surface area contributed by atoms with Crippen LogP contribution in [0, 0.1) is 0 Å². The Hall–Kier alpha value is -0.463. The van der Waals surface area contributed by atoms with Gasteiger partial charge in [0, 0.05) is 5.02 Å². The molecule has 3 nitrogen and oxygen atoms in total. The number of hydrogen-bond acceptors (Lipinski definition) is 2. The zero-order valence-corrected chi connectivity index (χ0v) is 14.2. The maximum Gasteiger partial charge on any atom is 1.00 e. The van der Waals surface area contributed by atoms with Crippen molar-refractivity contribution in [3.8, 4) is 0 Å². The number of methoxy groups -OCH3 is 1. The van der Waals surface area contributed by atoms with Gasteiger partial charge in [0.2, 0.25) is 0 Å². The standard InChI is InChI=1S/C16H23ClNO2.Li/c1-4-6-10-18-15(7-5-2)14-11-12(17)8-9-13(14)16(19)20-3;/h8-9,11,15H,4-7,10H2,1-3H3;/q-1;+1. The Morgan fingerprint density at radius 3 is 2.62 bits per heavy atom. The molecule has 1 unspecified atom stereocenters. The average molecular weight is 304 g/mol. The van der Waals surface area contributed by atoms with Gasteiger partial charge >= 0.3 is 24.8 Å². The van der Waals surface area contributed by atoms with E-state index >= 15 is 0 Å². The number of ether oxygens (including phenoxy) is 1. The largest absolute Gasteiger partial charge is 1.00 e. The van der Waals surface area contributed by atoms with E-state index in [1.54, 1.807) is 12.1 Å². The number of hydrogen-bond donors (Lipinski definition) is 0. The second-order valence-electron chi connectivity index (χ2n) is 4.79. The monoisotopic (exact) mass is 303 g/mol. The van der Waals surface area contributed by atoms with E-state index in [1.165, 1.54) is 7.11 Å². The number of nitrogens with zero attached hydrogens (tertiary/aromatic N) is 1. The fourth-order valence-electron chi connectivity index (χ4n) is 2.13. The van der Waals surface area contributed by atoms with Gasteiger partial charge in [0.25, 0.3) is 0 Å². The summed E-state index contributed by atoms with van der Waals surface area (Å²) in [6.07, 6.45) is 4.09. The molecule has 0 fully saturated rings. The van der Waals surface area contributed by atoms with Crippen LogP contribution < -0.4 is 18.9 Å². The van der Waals surface area contributed by atoms with Crippen LogP contribution in [0.4, 0.5) is 0 Å². The minimum atomic E-state index is -0.330. The molecular weight excluding hydrogens is 281 g/mol. The molecule has 1 aromatic rings. The van der Waals surface area contributed by atoms with Crippen LogP contribution in [0.2, 0.25) is 5.02 Å². The number of carbonyl (C=O) groups excluding carboxylic acids is 1. The first kappa shape index (κ1) is 20.5. The zero-order chi connectivity index (χ0) is 15.0. The quantitative estimate of drug-likeness (QED) is 0.419. The molecule has 0 bridgehead atoms. The van der Waals surface area contributed by atoms with Crippen LogP contribution in [-0.4, -0.2) is 19.6 Å². The Morgan fingerprint density at radius 1 is 1.33 bits per heavy atom. The molecule has 1 rings (SSSR count). The van der Waals surface area contributed by atoms with Gasteiger partial charge in [0.15, 0.2) is 0 Å². The minimum Gasteiger partial charge on any atom is -0.656 e. The summed E-state index contributed by atoms with van der Waals surface area (Å²) in [7, 11) is 1.39. The van der Waals surface area contributed by atoms with Crippen molar-refractivity contribution >= 4 is 17.6 Å². The van der Waals surface area contributed by atoms with Crippen molar-refractivity contribution in [1.29, 1.82) is 0 Å². The second kappa shape index (κ2) is 11.2. The summed E-state index contributed by atoms with van der Waals surface area (Å²) in [4.78, 5) is 11.9. The van der Waals surface area contributed by atoms with Crippen LogP contribution in [0.15, 0.2) is 18.2 Å². The van der Waals surface area contributed by atoms with Crippen molar-refractivity contribution in [2.75, 3.05) is 13.7 Å². The molecular formula is C16H23ClLiNO2. The molecule has 0 radical (unpaired) electrons.